The summed E-state index contributed by atoms with van der Waals surface area (Å²) in [6, 6.07) is 18.9. The summed E-state index contributed by atoms with van der Waals surface area (Å²) < 4.78 is 5.89. The van der Waals surface area contributed by atoms with Crippen molar-refractivity contribution in [3.63, 3.8) is 0 Å². The Morgan fingerprint density at radius 3 is 2.19 bits per heavy atom. The van der Waals surface area contributed by atoms with E-state index in [1.807, 2.05) is 6.07 Å². The van der Waals surface area contributed by atoms with Crippen molar-refractivity contribution < 1.29 is 4.74 Å². The average molecular weight is 352 g/mol. The normalized spacial score (nSPS) is 15.9. The van der Waals surface area contributed by atoms with Crippen LogP contribution in [0.2, 0.25) is 0 Å². The van der Waals surface area contributed by atoms with Gasteiger partial charge in [0.05, 0.1) is 6.61 Å². The van der Waals surface area contributed by atoms with Gasteiger partial charge < -0.3 is 9.64 Å². The number of ether oxygens (including phenoxy) is 1. The van der Waals surface area contributed by atoms with Crippen LogP contribution in [0.4, 0.5) is 0 Å². The molecule has 0 spiro atoms. The fourth-order valence-corrected chi connectivity index (χ4v) is 3.64. The second kappa shape index (κ2) is 10.4. The van der Waals surface area contributed by atoms with Gasteiger partial charge in [0.1, 0.15) is 5.75 Å². The first-order valence-electron chi connectivity index (χ1n) is 10.3. The largest absolute Gasteiger partial charge is 0.494 e. The molecule has 0 unspecified atom stereocenters. The Balaban J connectivity index is 1.26. The molecule has 2 heteroatoms. The van der Waals surface area contributed by atoms with Crippen LogP contribution in [-0.4, -0.2) is 31.1 Å². The fourth-order valence-electron chi connectivity index (χ4n) is 3.64. The topological polar surface area (TPSA) is 12.5 Å². The summed E-state index contributed by atoms with van der Waals surface area (Å²) in [4.78, 5) is 2.64. The van der Waals surface area contributed by atoms with Gasteiger partial charge in [-0.3, -0.25) is 0 Å². The number of unbranched alkanes of at least 4 members (excludes halogenated alkanes) is 3. The molecule has 0 aromatic heterocycles. The minimum atomic E-state index is 0.825. The van der Waals surface area contributed by atoms with Gasteiger partial charge in [0.15, 0.2) is 0 Å². The van der Waals surface area contributed by atoms with Gasteiger partial charge in [0.25, 0.3) is 0 Å². The van der Waals surface area contributed by atoms with E-state index >= 15 is 0 Å². The van der Waals surface area contributed by atoms with Crippen LogP contribution in [0.1, 0.15) is 45.4 Å². The molecule has 1 saturated heterocycles. The predicted molar refractivity (Wildman–Crippen MR) is 111 cm³/mol. The molecule has 1 aliphatic rings. The lowest BCUT2D eigenvalue weighted by molar-refractivity contribution is 0.188. The molecular weight excluding hydrogens is 318 g/mol. The van der Waals surface area contributed by atoms with Crippen LogP contribution in [0.15, 0.2) is 54.6 Å². The van der Waals surface area contributed by atoms with E-state index in [1.54, 1.807) is 0 Å². The highest BCUT2D eigenvalue weighted by Gasteiger charge is 2.14. The number of rotatable bonds is 9. The van der Waals surface area contributed by atoms with E-state index in [0.29, 0.717) is 0 Å². The SMILES string of the molecule is CC1CCN(CCCCCCOc2ccc(-c3ccccc3)cc2)CC1. The van der Waals surface area contributed by atoms with E-state index in [2.05, 4.69) is 60.4 Å². The third-order valence-electron chi connectivity index (χ3n) is 5.48. The van der Waals surface area contributed by atoms with Crippen LogP contribution in [-0.2, 0) is 0 Å². The summed E-state index contributed by atoms with van der Waals surface area (Å²) in [5, 5.41) is 0. The molecule has 0 aliphatic carbocycles. The minimum absolute atomic E-state index is 0.825. The molecule has 3 rings (SSSR count). The Kier molecular flexibility index (Phi) is 7.57. The van der Waals surface area contributed by atoms with Crippen LogP contribution >= 0.6 is 0 Å². The predicted octanol–water partition coefficient (Wildman–Crippen LogP) is 6.02. The molecule has 1 aliphatic heterocycles. The number of likely N-dealkylation sites (tertiary alicyclic amines) is 1. The Morgan fingerprint density at radius 1 is 0.808 bits per heavy atom. The highest BCUT2D eigenvalue weighted by Crippen LogP contribution is 2.22. The molecule has 140 valence electrons. The lowest BCUT2D eigenvalue weighted by atomic mass is 9.99. The lowest BCUT2D eigenvalue weighted by Crippen LogP contribution is -2.33. The second-order valence-electron chi connectivity index (χ2n) is 7.68. The molecule has 26 heavy (non-hydrogen) atoms. The zero-order valence-electron chi connectivity index (χ0n) is 16.2. The second-order valence-corrected chi connectivity index (χ2v) is 7.68. The van der Waals surface area contributed by atoms with Gasteiger partial charge in [-0.1, -0.05) is 62.2 Å². The van der Waals surface area contributed by atoms with Gasteiger partial charge in [-0.25, -0.2) is 0 Å². The van der Waals surface area contributed by atoms with Crippen LogP contribution in [0.25, 0.3) is 11.1 Å². The Labute approximate surface area is 159 Å². The van der Waals surface area contributed by atoms with Crippen molar-refractivity contribution in [1.29, 1.82) is 0 Å². The molecular formula is C24H33NO. The van der Waals surface area contributed by atoms with Crippen molar-refractivity contribution in [1.82, 2.24) is 4.90 Å². The quantitative estimate of drug-likeness (QED) is 0.512. The van der Waals surface area contributed by atoms with Crippen molar-refractivity contribution in [2.45, 2.75) is 45.4 Å². The maximum atomic E-state index is 5.89. The summed E-state index contributed by atoms with van der Waals surface area (Å²) in [6.45, 7) is 7.11. The third-order valence-corrected chi connectivity index (χ3v) is 5.48. The number of benzene rings is 2. The fraction of sp³-hybridized carbons (Fsp3) is 0.500. The summed E-state index contributed by atoms with van der Waals surface area (Å²) >= 11 is 0. The number of hydrogen-bond donors (Lipinski definition) is 0. The summed E-state index contributed by atoms with van der Waals surface area (Å²) in [7, 11) is 0. The number of piperidine rings is 1. The van der Waals surface area contributed by atoms with E-state index in [0.717, 1.165) is 24.7 Å². The van der Waals surface area contributed by atoms with Crippen molar-refractivity contribution in [2.75, 3.05) is 26.2 Å². The third kappa shape index (κ3) is 6.17. The van der Waals surface area contributed by atoms with Crippen LogP contribution < -0.4 is 4.74 Å². The van der Waals surface area contributed by atoms with Gasteiger partial charge >= 0.3 is 0 Å². The van der Waals surface area contributed by atoms with Gasteiger partial charge in [-0.15, -0.1) is 0 Å². The molecule has 2 nitrogen and oxygen atoms in total. The van der Waals surface area contributed by atoms with E-state index in [4.69, 9.17) is 4.74 Å². The molecule has 1 heterocycles. The van der Waals surface area contributed by atoms with Crippen molar-refractivity contribution >= 4 is 0 Å². The zero-order chi connectivity index (χ0) is 18.0. The number of hydrogen-bond acceptors (Lipinski definition) is 2. The Hall–Kier alpha value is -1.80. The van der Waals surface area contributed by atoms with Crippen LogP contribution in [0.3, 0.4) is 0 Å². The van der Waals surface area contributed by atoms with E-state index < -0.39 is 0 Å². The lowest BCUT2D eigenvalue weighted by Gasteiger charge is -2.30. The van der Waals surface area contributed by atoms with Gasteiger partial charge in [0.2, 0.25) is 0 Å². The highest BCUT2D eigenvalue weighted by molar-refractivity contribution is 5.63. The van der Waals surface area contributed by atoms with E-state index in [-0.39, 0.29) is 0 Å². The monoisotopic (exact) mass is 351 g/mol. The Morgan fingerprint density at radius 2 is 1.46 bits per heavy atom. The number of nitrogens with zero attached hydrogens (tertiary/aromatic N) is 1. The minimum Gasteiger partial charge on any atom is -0.494 e. The van der Waals surface area contributed by atoms with Crippen LogP contribution in [0.5, 0.6) is 5.75 Å². The maximum Gasteiger partial charge on any atom is 0.119 e. The van der Waals surface area contributed by atoms with Crippen molar-refractivity contribution in [3.8, 4) is 16.9 Å². The van der Waals surface area contributed by atoms with E-state index in [9.17, 15) is 0 Å². The van der Waals surface area contributed by atoms with Crippen molar-refractivity contribution in [3.05, 3.63) is 54.6 Å². The van der Waals surface area contributed by atoms with Gasteiger partial charge in [-0.05, 0) is 74.5 Å². The molecule has 0 radical (unpaired) electrons. The molecule has 0 N–H and O–H groups in total. The maximum absolute atomic E-state index is 5.89. The molecule has 2 aromatic carbocycles. The molecule has 2 aromatic rings. The standard InChI is InChI=1S/C24H33NO/c1-21-15-18-25(19-16-21)17-7-2-3-8-20-26-24-13-11-23(12-14-24)22-9-5-4-6-10-22/h4-6,9-14,21H,2-3,7-8,15-20H2,1H3. The Bertz CT molecular complexity index is 614. The first-order valence-corrected chi connectivity index (χ1v) is 10.3. The summed E-state index contributed by atoms with van der Waals surface area (Å²) in [5.41, 5.74) is 2.49. The summed E-state index contributed by atoms with van der Waals surface area (Å²) in [6.07, 6.45) is 7.85. The molecule has 0 amide bonds. The average Bonchev–Trinajstić information content (AvgIpc) is 2.70. The highest BCUT2D eigenvalue weighted by atomic mass is 16.5. The molecule has 0 bridgehead atoms. The van der Waals surface area contributed by atoms with E-state index in [1.165, 1.54) is 62.9 Å². The van der Waals surface area contributed by atoms with Crippen LogP contribution in [0, 0.1) is 5.92 Å². The van der Waals surface area contributed by atoms with Gasteiger partial charge in [0, 0.05) is 0 Å². The van der Waals surface area contributed by atoms with Crippen molar-refractivity contribution in [2.24, 2.45) is 5.92 Å². The first kappa shape index (κ1) is 19.0. The smallest absolute Gasteiger partial charge is 0.119 e. The van der Waals surface area contributed by atoms with Gasteiger partial charge in [-0.2, -0.15) is 0 Å². The molecule has 0 saturated carbocycles. The first-order chi connectivity index (χ1) is 12.8. The molecule has 1 fully saturated rings. The molecule has 0 atom stereocenters. The summed E-state index contributed by atoms with van der Waals surface area (Å²) in [5.74, 6) is 1.91. The zero-order valence-corrected chi connectivity index (χ0v) is 16.2.